The highest BCUT2D eigenvalue weighted by Gasteiger charge is 2.18. The topological polar surface area (TPSA) is 29.3 Å². The van der Waals surface area contributed by atoms with Gasteiger partial charge in [0.2, 0.25) is 0 Å². The molecule has 80 valence electrons. The summed E-state index contributed by atoms with van der Waals surface area (Å²) in [5.74, 6) is 0.737. The Morgan fingerprint density at radius 1 is 1.15 bits per heavy atom. The molecule has 0 spiro atoms. The van der Waals surface area contributed by atoms with Gasteiger partial charge in [-0.3, -0.25) is 4.90 Å². The van der Waals surface area contributed by atoms with E-state index in [-0.39, 0.29) is 0 Å². The summed E-state index contributed by atoms with van der Waals surface area (Å²) in [5.41, 5.74) is 5.79. The van der Waals surface area contributed by atoms with E-state index in [1.807, 2.05) is 0 Å². The predicted octanol–water partition coefficient (Wildman–Crippen LogP) is 2.09. The first-order valence-corrected chi connectivity index (χ1v) is 5.48. The second-order valence-corrected chi connectivity index (χ2v) is 4.44. The number of rotatable bonds is 6. The first-order valence-electron chi connectivity index (χ1n) is 5.48. The van der Waals surface area contributed by atoms with Crippen LogP contribution in [0, 0.1) is 5.92 Å². The van der Waals surface area contributed by atoms with E-state index >= 15 is 0 Å². The molecule has 0 aromatic heterocycles. The monoisotopic (exact) mass is 186 g/mol. The Morgan fingerprint density at radius 3 is 1.92 bits per heavy atom. The van der Waals surface area contributed by atoms with Crippen LogP contribution in [0.4, 0.5) is 0 Å². The van der Waals surface area contributed by atoms with Crippen LogP contribution in [0.15, 0.2) is 0 Å². The molecule has 0 aliphatic rings. The number of nitrogens with two attached hydrogens (primary N) is 1. The van der Waals surface area contributed by atoms with Crippen molar-refractivity contribution < 1.29 is 0 Å². The fourth-order valence-corrected chi connectivity index (χ4v) is 1.96. The summed E-state index contributed by atoms with van der Waals surface area (Å²) in [7, 11) is 0. The van der Waals surface area contributed by atoms with E-state index in [1.165, 1.54) is 6.42 Å². The number of nitrogens with zero attached hydrogens (tertiary/aromatic N) is 1. The van der Waals surface area contributed by atoms with Crippen molar-refractivity contribution in [2.75, 3.05) is 13.1 Å². The molecule has 1 unspecified atom stereocenters. The summed E-state index contributed by atoms with van der Waals surface area (Å²) < 4.78 is 0. The van der Waals surface area contributed by atoms with Crippen LogP contribution in [0.5, 0.6) is 0 Å². The van der Waals surface area contributed by atoms with E-state index < -0.39 is 0 Å². The van der Waals surface area contributed by atoms with E-state index in [0.717, 1.165) is 19.0 Å². The minimum absolute atomic E-state index is 0.560. The average molecular weight is 186 g/mol. The summed E-state index contributed by atoms with van der Waals surface area (Å²) in [6, 6.07) is 1.17. The molecule has 2 N–H and O–H groups in total. The molecule has 0 aliphatic heterocycles. The van der Waals surface area contributed by atoms with Crippen LogP contribution >= 0.6 is 0 Å². The van der Waals surface area contributed by atoms with Gasteiger partial charge in [0.1, 0.15) is 0 Å². The second kappa shape index (κ2) is 6.39. The Labute approximate surface area is 83.5 Å². The van der Waals surface area contributed by atoms with Crippen LogP contribution in [0.3, 0.4) is 0 Å². The minimum Gasteiger partial charge on any atom is -0.329 e. The fourth-order valence-electron chi connectivity index (χ4n) is 1.96. The molecule has 13 heavy (non-hydrogen) atoms. The minimum atomic E-state index is 0.560. The lowest BCUT2D eigenvalue weighted by Gasteiger charge is -2.34. The van der Waals surface area contributed by atoms with Gasteiger partial charge in [-0.1, -0.05) is 20.8 Å². The van der Waals surface area contributed by atoms with Crippen molar-refractivity contribution in [2.45, 2.75) is 53.1 Å². The maximum Gasteiger partial charge on any atom is 0.0223 e. The first kappa shape index (κ1) is 12.9. The van der Waals surface area contributed by atoms with E-state index in [2.05, 4.69) is 39.5 Å². The fraction of sp³-hybridized carbons (Fsp3) is 1.00. The molecule has 0 bridgehead atoms. The smallest absolute Gasteiger partial charge is 0.0223 e. The van der Waals surface area contributed by atoms with Crippen molar-refractivity contribution >= 4 is 0 Å². The zero-order valence-corrected chi connectivity index (χ0v) is 9.88. The van der Waals surface area contributed by atoms with Gasteiger partial charge in [0, 0.05) is 18.6 Å². The molecule has 0 amide bonds. The molecular weight excluding hydrogens is 160 g/mol. The Balaban J connectivity index is 4.16. The van der Waals surface area contributed by atoms with Gasteiger partial charge in [-0.05, 0) is 32.7 Å². The molecule has 0 aliphatic carbocycles. The summed E-state index contributed by atoms with van der Waals surface area (Å²) in [5, 5.41) is 0. The molecule has 0 saturated carbocycles. The van der Waals surface area contributed by atoms with E-state index in [0.29, 0.717) is 12.1 Å². The lowest BCUT2D eigenvalue weighted by Crippen LogP contribution is -2.45. The van der Waals surface area contributed by atoms with Crippen LogP contribution in [-0.4, -0.2) is 30.1 Å². The lowest BCUT2D eigenvalue weighted by atomic mass is 10.0. The standard InChI is InChI=1S/C11H26N2/c1-6-13(10(4)5)11(8-12)7-9(2)3/h9-11H,6-8,12H2,1-5H3. The van der Waals surface area contributed by atoms with Crippen LogP contribution in [0.1, 0.15) is 41.0 Å². The Bertz CT molecular complexity index is 121. The third kappa shape index (κ3) is 4.63. The number of hydrogen-bond acceptors (Lipinski definition) is 2. The second-order valence-electron chi connectivity index (χ2n) is 4.44. The molecule has 0 heterocycles. The molecule has 0 aromatic rings. The SMILES string of the molecule is CCN(C(C)C)C(CN)CC(C)C. The molecule has 0 saturated heterocycles. The Morgan fingerprint density at radius 2 is 1.69 bits per heavy atom. The van der Waals surface area contributed by atoms with Crippen molar-refractivity contribution in [3.63, 3.8) is 0 Å². The van der Waals surface area contributed by atoms with Gasteiger partial charge in [-0.2, -0.15) is 0 Å². The van der Waals surface area contributed by atoms with Crippen LogP contribution in [0.2, 0.25) is 0 Å². The number of likely N-dealkylation sites (N-methyl/N-ethyl adjacent to an activating group) is 1. The molecule has 0 fully saturated rings. The third-order valence-electron chi connectivity index (χ3n) is 2.51. The molecule has 0 rings (SSSR count). The van der Waals surface area contributed by atoms with Gasteiger partial charge in [0.15, 0.2) is 0 Å². The highest BCUT2D eigenvalue weighted by molar-refractivity contribution is 4.75. The Kier molecular flexibility index (Phi) is 6.35. The molecule has 1 atom stereocenters. The predicted molar refractivity (Wildman–Crippen MR) is 59.8 cm³/mol. The summed E-state index contributed by atoms with van der Waals surface area (Å²) in [4.78, 5) is 2.49. The molecule has 2 nitrogen and oxygen atoms in total. The Hall–Kier alpha value is -0.0800. The number of hydrogen-bond donors (Lipinski definition) is 1. The molecule has 2 heteroatoms. The highest BCUT2D eigenvalue weighted by atomic mass is 15.2. The molecular formula is C11H26N2. The van der Waals surface area contributed by atoms with Crippen molar-refractivity contribution in [2.24, 2.45) is 11.7 Å². The van der Waals surface area contributed by atoms with Gasteiger partial charge in [0.25, 0.3) is 0 Å². The van der Waals surface area contributed by atoms with Gasteiger partial charge in [-0.25, -0.2) is 0 Å². The van der Waals surface area contributed by atoms with Gasteiger partial charge in [0.05, 0.1) is 0 Å². The zero-order chi connectivity index (χ0) is 10.4. The maximum atomic E-state index is 5.79. The van der Waals surface area contributed by atoms with Crippen LogP contribution < -0.4 is 5.73 Å². The van der Waals surface area contributed by atoms with Gasteiger partial charge < -0.3 is 5.73 Å². The van der Waals surface area contributed by atoms with Crippen molar-refractivity contribution in [1.82, 2.24) is 4.90 Å². The molecule has 0 aromatic carbocycles. The average Bonchev–Trinajstić information content (AvgIpc) is 2.02. The van der Waals surface area contributed by atoms with E-state index in [9.17, 15) is 0 Å². The van der Waals surface area contributed by atoms with Gasteiger partial charge >= 0.3 is 0 Å². The van der Waals surface area contributed by atoms with Crippen molar-refractivity contribution in [3.8, 4) is 0 Å². The van der Waals surface area contributed by atoms with Crippen LogP contribution in [-0.2, 0) is 0 Å². The zero-order valence-electron chi connectivity index (χ0n) is 9.88. The summed E-state index contributed by atoms with van der Waals surface area (Å²) in [6.07, 6.45) is 1.21. The molecule has 0 radical (unpaired) electrons. The normalized spacial score (nSPS) is 14.5. The highest BCUT2D eigenvalue weighted by Crippen LogP contribution is 2.13. The quantitative estimate of drug-likeness (QED) is 0.688. The first-order chi connectivity index (χ1) is 6.02. The van der Waals surface area contributed by atoms with Gasteiger partial charge in [-0.15, -0.1) is 0 Å². The van der Waals surface area contributed by atoms with Crippen molar-refractivity contribution in [1.29, 1.82) is 0 Å². The largest absolute Gasteiger partial charge is 0.329 e. The summed E-state index contributed by atoms with van der Waals surface area (Å²) in [6.45, 7) is 13.1. The lowest BCUT2D eigenvalue weighted by molar-refractivity contribution is 0.147. The van der Waals surface area contributed by atoms with Crippen molar-refractivity contribution in [3.05, 3.63) is 0 Å². The maximum absolute atomic E-state index is 5.79. The van der Waals surface area contributed by atoms with E-state index in [1.54, 1.807) is 0 Å². The third-order valence-corrected chi connectivity index (χ3v) is 2.51. The summed E-state index contributed by atoms with van der Waals surface area (Å²) >= 11 is 0. The van der Waals surface area contributed by atoms with Crippen LogP contribution in [0.25, 0.3) is 0 Å². The van der Waals surface area contributed by atoms with E-state index in [4.69, 9.17) is 5.73 Å².